The first kappa shape index (κ1) is 12.2. The van der Waals surface area contributed by atoms with E-state index in [1.54, 1.807) is 36.5 Å². The van der Waals surface area contributed by atoms with E-state index < -0.39 is 0 Å². The fourth-order valence-electron chi connectivity index (χ4n) is 1.78. The van der Waals surface area contributed by atoms with Gasteiger partial charge in [-0.1, -0.05) is 18.5 Å². The highest BCUT2D eigenvalue weighted by molar-refractivity contribution is 6.09. The van der Waals surface area contributed by atoms with Crippen LogP contribution >= 0.6 is 0 Å². The Balaban J connectivity index is 2.45. The van der Waals surface area contributed by atoms with Gasteiger partial charge in [0.25, 0.3) is 0 Å². The van der Waals surface area contributed by atoms with Crippen LogP contribution in [-0.2, 0) is 6.32 Å². The van der Waals surface area contributed by atoms with E-state index in [4.69, 9.17) is 19.3 Å². The summed E-state index contributed by atoms with van der Waals surface area (Å²) in [6, 6.07) is 6.87. The number of aromatic amines is 1. The van der Waals surface area contributed by atoms with Gasteiger partial charge in [0.2, 0.25) is 0 Å². The third kappa shape index (κ3) is 2.20. The van der Waals surface area contributed by atoms with Crippen LogP contribution in [0.5, 0.6) is 5.75 Å². The molecule has 1 heterocycles. The minimum Gasteiger partial charge on any atom is -0.507 e. The minimum absolute atomic E-state index is 0.134. The van der Waals surface area contributed by atoms with Crippen LogP contribution < -0.4 is 11.5 Å². The zero-order chi connectivity index (χ0) is 13.1. The van der Waals surface area contributed by atoms with Crippen molar-refractivity contribution in [1.82, 2.24) is 4.98 Å². The number of hydrogen-bond donors (Lipinski definition) is 4. The Morgan fingerprint density at radius 3 is 2.78 bits per heavy atom. The first-order valence-electron chi connectivity index (χ1n) is 5.54. The average Bonchev–Trinajstić information content (AvgIpc) is 2.71. The topological polar surface area (TPSA) is 88.1 Å². The van der Waals surface area contributed by atoms with Crippen LogP contribution in [0, 0.1) is 0 Å². The summed E-state index contributed by atoms with van der Waals surface area (Å²) in [6.45, 7) is 0. The molecule has 0 amide bonds. The lowest BCUT2D eigenvalue weighted by atomic mass is 9.95. The van der Waals surface area contributed by atoms with Crippen LogP contribution in [0.2, 0.25) is 0 Å². The van der Waals surface area contributed by atoms with Crippen LogP contribution in [0.3, 0.4) is 0 Å². The van der Waals surface area contributed by atoms with E-state index in [1.807, 2.05) is 0 Å². The number of phenolic OH excluding ortho intramolecular Hbond substituents is 1. The molecular weight excluding hydrogens is 225 g/mol. The Labute approximate surface area is 107 Å². The van der Waals surface area contributed by atoms with E-state index in [0.717, 1.165) is 11.1 Å². The Morgan fingerprint density at radius 2 is 2.11 bits per heavy atom. The summed E-state index contributed by atoms with van der Waals surface area (Å²) >= 11 is 0. The molecule has 90 valence electrons. The molecule has 0 spiro atoms. The van der Waals surface area contributed by atoms with Crippen molar-refractivity contribution < 1.29 is 5.11 Å². The third-order valence-corrected chi connectivity index (χ3v) is 2.77. The first-order chi connectivity index (χ1) is 8.63. The molecule has 18 heavy (non-hydrogen) atoms. The van der Waals surface area contributed by atoms with Gasteiger partial charge in [0, 0.05) is 23.0 Å². The number of benzene rings is 1. The summed E-state index contributed by atoms with van der Waals surface area (Å²) in [6.07, 6.45) is 3.83. The summed E-state index contributed by atoms with van der Waals surface area (Å²) in [5, 5.41) is 9.72. The summed E-state index contributed by atoms with van der Waals surface area (Å²) in [4.78, 5) is 2.89. The van der Waals surface area contributed by atoms with E-state index in [2.05, 4.69) is 4.98 Å². The number of hydrogen-bond acceptors (Lipinski definition) is 3. The molecule has 0 saturated carbocycles. The number of H-pyrrole nitrogens is 1. The Bertz CT molecular complexity index is 590. The molecule has 1 aromatic carbocycles. The molecule has 0 fully saturated rings. The van der Waals surface area contributed by atoms with Crippen molar-refractivity contribution in [2.75, 3.05) is 5.73 Å². The van der Waals surface area contributed by atoms with Crippen molar-refractivity contribution in [2.24, 2.45) is 5.73 Å². The second kappa shape index (κ2) is 4.92. The molecule has 0 aliphatic rings. The van der Waals surface area contributed by atoms with Crippen LogP contribution in [0.25, 0.3) is 11.8 Å². The number of phenols is 1. The van der Waals surface area contributed by atoms with Crippen molar-refractivity contribution in [3.63, 3.8) is 0 Å². The molecule has 2 radical (unpaired) electrons. The number of aromatic nitrogens is 1. The molecule has 0 bridgehead atoms. The maximum Gasteiger partial charge on any atom is 0.124 e. The average molecular weight is 239 g/mol. The number of anilines is 1. The molecule has 6 N–H and O–H groups in total. The van der Waals surface area contributed by atoms with Crippen LogP contribution in [0.4, 0.5) is 5.82 Å². The fraction of sp³-hybridized carbons (Fsp3) is 0.0769. The van der Waals surface area contributed by atoms with Gasteiger partial charge in [-0.05, 0) is 23.8 Å². The van der Waals surface area contributed by atoms with Crippen LogP contribution in [0.15, 0.2) is 30.5 Å². The molecular formula is C13H14BN3O. The van der Waals surface area contributed by atoms with Crippen LogP contribution in [-0.4, -0.2) is 17.9 Å². The van der Waals surface area contributed by atoms with Gasteiger partial charge in [-0.3, -0.25) is 0 Å². The van der Waals surface area contributed by atoms with Gasteiger partial charge in [-0.25, -0.2) is 0 Å². The molecule has 2 aromatic rings. The maximum atomic E-state index is 9.72. The zero-order valence-corrected chi connectivity index (χ0v) is 9.85. The number of nitrogens with two attached hydrogens (primary N) is 2. The molecule has 2 rings (SSSR count). The third-order valence-electron chi connectivity index (χ3n) is 2.77. The van der Waals surface area contributed by atoms with Crippen molar-refractivity contribution in [1.29, 1.82) is 0 Å². The van der Waals surface area contributed by atoms with Gasteiger partial charge in [-0.2, -0.15) is 0 Å². The summed E-state index contributed by atoms with van der Waals surface area (Å²) in [5.74, 6) is 0.642. The van der Waals surface area contributed by atoms with E-state index >= 15 is 0 Å². The van der Waals surface area contributed by atoms with Crippen LogP contribution in [0.1, 0.15) is 16.7 Å². The van der Waals surface area contributed by atoms with Crippen molar-refractivity contribution >= 4 is 25.4 Å². The quantitative estimate of drug-likeness (QED) is 0.611. The Hall–Kier alpha value is -2.30. The van der Waals surface area contributed by atoms with Crippen molar-refractivity contribution in [2.45, 2.75) is 6.32 Å². The standard InChI is InChI=1S/C13H14BN3O/c14-6-8-7-17-13(16)10(8)5-11(15)9-3-1-2-4-12(9)18/h1-5,7,17-18H,6,15-16H2/b11-5-. The van der Waals surface area contributed by atoms with Crippen molar-refractivity contribution in [3.8, 4) is 5.75 Å². The summed E-state index contributed by atoms with van der Waals surface area (Å²) in [7, 11) is 5.61. The largest absolute Gasteiger partial charge is 0.507 e. The van der Waals surface area contributed by atoms with E-state index in [1.165, 1.54) is 0 Å². The van der Waals surface area contributed by atoms with E-state index in [9.17, 15) is 5.11 Å². The molecule has 5 heteroatoms. The smallest absolute Gasteiger partial charge is 0.124 e. The fourth-order valence-corrected chi connectivity index (χ4v) is 1.78. The molecule has 1 aromatic heterocycles. The number of aromatic hydroxyl groups is 1. The predicted octanol–water partition coefficient (Wildman–Crippen LogP) is 1.43. The SMILES string of the molecule is [B]Cc1c[nH]c(N)c1/C=C(\N)c1ccccc1O. The van der Waals surface area contributed by atoms with Gasteiger partial charge in [-0.15, -0.1) is 0 Å². The van der Waals surface area contributed by atoms with Crippen molar-refractivity contribution in [3.05, 3.63) is 47.2 Å². The summed E-state index contributed by atoms with van der Waals surface area (Å²) in [5.41, 5.74) is 14.4. The van der Waals surface area contributed by atoms with Gasteiger partial charge < -0.3 is 21.6 Å². The highest BCUT2D eigenvalue weighted by Gasteiger charge is 2.08. The van der Waals surface area contributed by atoms with E-state index in [-0.39, 0.29) is 5.75 Å². The minimum atomic E-state index is 0.134. The highest BCUT2D eigenvalue weighted by Crippen LogP contribution is 2.26. The Morgan fingerprint density at radius 1 is 1.39 bits per heavy atom. The highest BCUT2D eigenvalue weighted by atomic mass is 16.3. The normalized spacial score (nSPS) is 11.7. The second-order valence-electron chi connectivity index (χ2n) is 3.96. The number of nitrogen functional groups attached to an aromatic ring is 1. The maximum absolute atomic E-state index is 9.72. The van der Waals surface area contributed by atoms with E-state index in [0.29, 0.717) is 23.4 Å². The lowest BCUT2D eigenvalue weighted by Crippen LogP contribution is -1.98. The molecule has 4 nitrogen and oxygen atoms in total. The number of para-hydroxylation sites is 1. The number of rotatable bonds is 3. The molecule has 0 aliphatic heterocycles. The molecule has 0 aliphatic carbocycles. The molecule has 0 saturated heterocycles. The lowest BCUT2D eigenvalue weighted by molar-refractivity contribution is 0.473. The lowest BCUT2D eigenvalue weighted by Gasteiger charge is -2.05. The van der Waals surface area contributed by atoms with Gasteiger partial charge in [0.1, 0.15) is 11.6 Å². The number of nitrogens with one attached hydrogen (secondary N) is 1. The van der Waals surface area contributed by atoms with Gasteiger partial charge in [0.05, 0.1) is 7.85 Å². The van der Waals surface area contributed by atoms with Gasteiger partial charge >= 0.3 is 0 Å². The monoisotopic (exact) mass is 239 g/mol. The first-order valence-corrected chi connectivity index (χ1v) is 5.54. The predicted molar refractivity (Wildman–Crippen MR) is 74.8 cm³/mol. The summed E-state index contributed by atoms with van der Waals surface area (Å²) < 4.78 is 0. The Kier molecular flexibility index (Phi) is 3.32. The second-order valence-corrected chi connectivity index (χ2v) is 3.96. The molecule has 0 unspecified atom stereocenters. The molecule has 0 atom stereocenters. The van der Waals surface area contributed by atoms with Gasteiger partial charge in [0.15, 0.2) is 0 Å². The zero-order valence-electron chi connectivity index (χ0n) is 9.85.